The quantitative estimate of drug-likeness (QED) is 0.627. The molecule has 3 nitrogen and oxygen atoms in total. The molecule has 0 radical (unpaired) electrons. The molecule has 6 heteroatoms. The van der Waals surface area contributed by atoms with E-state index in [1.165, 1.54) is 17.7 Å². The number of benzene rings is 1. The highest BCUT2D eigenvalue weighted by molar-refractivity contribution is 5.97. The van der Waals surface area contributed by atoms with Crippen molar-refractivity contribution < 1.29 is 18.0 Å². The van der Waals surface area contributed by atoms with Crippen LogP contribution in [0.2, 0.25) is 0 Å². The number of ketones is 1. The van der Waals surface area contributed by atoms with Gasteiger partial charge in [0, 0.05) is 12.2 Å². The summed E-state index contributed by atoms with van der Waals surface area (Å²) >= 11 is 0. The number of fused-ring (bicyclic) bond motifs is 1. The van der Waals surface area contributed by atoms with Crippen LogP contribution in [0.15, 0.2) is 17.1 Å². The summed E-state index contributed by atoms with van der Waals surface area (Å²) in [6, 6.07) is 0.567. The van der Waals surface area contributed by atoms with Gasteiger partial charge in [0.05, 0.1) is 16.5 Å². The maximum atomic E-state index is 14.0. The number of nitrogens with zero attached hydrogens (tertiary/aromatic N) is 1. The van der Waals surface area contributed by atoms with Gasteiger partial charge >= 0.3 is 0 Å². The topological polar surface area (TPSA) is 39.1 Å². The van der Waals surface area contributed by atoms with E-state index in [0.717, 1.165) is 12.8 Å². The van der Waals surface area contributed by atoms with Crippen LogP contribution in [0.1, 0.15) is 36.2 Å². The normalized spacial score (nSPS) is 14.8. The molecule has 1 heterocycles. The first-order chi connectivity index (χ1) is 9.41. The van der Waals surface area contributed by atoms with Gasteiger partial charge < -0.3 is 4.57 Å². The van der Waals surface area contributed by atoms with Crippen LogP contribution < -0.4 is 5.43 Å². The molecule has 1 fully saturated rings. The number of hydrogen-bond donors (Lipinski definition) is 0. The highest BCUT2D eigenvalue weighted by Crippen LogP contribution is 2.38. The zero-order valence-corrected chi connectivity index (χ0v) is 10.5. The summed E-state index contributed by atoms with van der Waals surface area (Å²) in [4.78, 5) is 23.6. The van der Waals surface area contributed by atoms with Gasteiger partial charge in [-0.3, -0.25) is 9.59 Å². The zero-order valence-electron chi connectivity index (χ0n) is 10.5. The van der Waals surface area contributed by atoms with Gasteiger partial charge in [-0.1, -0.05) is 0 Å². The van der Waals surface area contributed by atoms with Crippen molar-refractivity contribution in [1.29, 1.82) is 0 Å². The molecule has 1 aromatic heterocycles. The van der Waals surface area contributed by atoms with Gasteiger partial charge in [0.15, 0.2) is 28.7 Å². The number of carbonyl (C=O) groups excluding carboxylic acids is 1. The summed E-state index contributed by atoms with van der Waals surface area (Å²) in [5.74, 6) is -4.92. The number of carbonyl (C=O) groups is 1. The van der Waals surface area contributed by atoms with Crippen molar-refractivity contribution in [2.75, 3.05) is 0 Å². The SMILES string of the molecule is CC(=O)c1cn(C2CC2)c2c(F)c(F)c(F)cc2c1=O. The lowest BCUT2D eigenvalue weighted by molar-refractivity contribution is 0.101. The molecule has 0 N–H and O–H groups in total. The zero-order chi connectivity index (χ0) is 14.6. The molecule has 0 atom stereocenters. The van der Waals surface area contributed by atoms with Crippen LogP contribution in [-0.4, -0.2) is 10.4 Å². The van der Waals surface area contributed by atoms with E-state index in [-0.39, 0.29) is 22.5 Å². The van der Waals surface area contributed by atoms with Gasteiger partial charge in [0.25, 0.3) is 0 Å². The lowest BCUT2D eigenvalue weighted by Gasteiger charge is -2.13. The Morgan fingerprint density at radius 2 is 1.90 bits per heavy atom. The van der Waals surface area contributed by atoms with Crippen LogP contribution in [0.4, 0.5) is 13.2 Å². The van der Waals surface area contributed by atoms with Gasteiger partial charge in [-0.25, -0.2) is 13.2 Å². The smallest absolute Gasteiger partial charge is 0.200 e. The van der Waals surface area contributed by atoms with Gasteiger partial charge in [0.1, 0.15) is 0 Å². The van der Waals surface area contributed by atoms with Crippen LogP contribution in [0, 0.1) is 17.5 Å². The Hall–Kier alpha value is -2.11. The fourth-order valence-corrected chi connectivity index (χ4v) is 2.31. The van der Waals surface area contributed by atoms with Gasteiger partial charge in [0.2, 0.25) is 0 Å². The molecular formula is C14H10F3NO2. The van der Waals surface area contributed by atoms with E-state index in [2.05, 4.69) is 0 Å². The number of rotatable bonds is 2. The van der Waals surface area contributed by atoms with Crippen molar-refractivity contribution in [1.82, 2.24) is 4.57 Å². The van der Waals surface area contributed by atoms with E-state index in [0.29, 0.717) is 6.07 Å². The minimum atomic E-state index is -1.61. The number of pyridine rings is 1. The molecule has 0 spiro atoms. The number of Topliss-reactive ketones (excluding diaryl/α,β-unsaturated/α-hetero) is 1. The van der Waals surface area contributed by atoms with Crippen molar-refractivity contribution in [3.8, 4) is 0 Å². The standard InChI is InChI=1S/C14H10F3NO2/c1-6(19)9-5-18(7-2-3-7)13-8(14(9)20)4-10(15)11(16)12(13)17/h4-5,7H,2-3H2,1H3. The second kappa shape index (κ2) is 4.19. The predicted octanol–water partition coefficient (Wildman–Crippen LogP) is 2.96. The molecule has 0 amide bonds. The number of aromatic nitrogens is 1. The monoisotopic (exact) mass is 281 g/mol. The average molecular weight is 281 g/mol. The van der Waals surface area contributed by atoms with Crippen molar-refractivity contribution in [3.05, 3.63) is 45.5 Å². The Morgan fingerprint density at radius 1 is 1.25 bits per heavy atom. The summed E-state index contributed by atoms with van der Waals surface area (Å²) < 4.78 is 42.0. The average Bonchev–Trinajstić information content (AvgIpc) is 3.21. The third-order valence-corrected chi connectivity index (χ3v) is 3.47. The van der Waals surface area contributed by atoms with E-state index >= 15 is 0 Å². The third kappa shape index (κ3) is 1.75. The van der Waals surface area contributed by atoms with Crippen LogP contribution in [-0.2, 0) is 0 Å². The molecule has 3 rings (SSSR count). The summed E-state index contributed by atoms with van der Waals surface area (Å²) in [6.45, 7) is 1.20. The Kier molecular flexibility index (Phi) is 2.70. The molecule has 1 aliphatic carbocycles. The van der Waals surface area contributed by atoms with E-state index in [9.17, 15) is 22.8 Å². The predicted molar refractivity (Wildman–Crippen MR) is 66.4 cm³/mol. The van der Waals surface area contributed by atoms with Crippen molar-refractivity contribution in [2.24, 2.45) is 0 Å². The van der Waals surface area contributed by atoms with Crippen molar-refractivity contribution in [2.45, 2.75) is 25.8 Å². The first kappa shape index (κ1) is 12.9. The van der Waals surface area contributed by atoms with Gasteiger partial charge in [-0.2, -0.15) is 0 Å². The lowest BCUT2D eigenvalue weighted by Crippen LogP contribution is -2.19. The Bertz CT molecular complexity index is 806. The minimum Gasteiger partial charge on any atom is -0.341 e. The molecule has 0 unspecified atom stereocenters. The number of hydrogen-bond acceptors (Lipinski definition) is 2. The second-order valence-corrected chi connectivity index (χ2v) is 4.95. The molecule has 0 aliphatic heterocycles. The highest BCUT2D eigenvalue weighted by atomic mass is 19.2. The van der Waals surface area contributed by atoms with Crippen LogP contribution in [0.3, 0.4) is 0 Å². The summed E-state index contributed by atoms with van der Waals surface area (Å²) in [7, 11) is 0. The van der Waals surface area contributed by atoms with E-state index in [1.54, 1.807) is 0 Å². The molecular weight excluding hydrogens is 271 g/mol. The first-order valence-corrected chi connectivity index (χ1v) is 6.15. The Labute approximate surface area is 111 Å². The molecule has 1 aliphatic rings. The van der Waals surface area contributed by atoms with Crippen LogP contribution in [0.25, 0.3) is 10.9 Å². The second-order valence-electron chi connectivity index (χ2n) is 4.95. The molecule has 104 valence electrons. The minimum absolute atomic E-state index is 0.0874. The summed E-state index contributed by atoms with van der Waals surface area (Å²) in [5.41, 5.74) is -1.20. The van der Waals surface area contributed by atoms with E-state index in [4.69, 9.17) is 0 Å². The lowest BCUT2D eigenvalue weighted by atomic mass is 10.1. The van der Waals surface area contributed by atoms with Gasteiger partial charge in [-0.15, -0.1) is 0 Å². The van der Waals surface area contributed by atoms with E-state index in [1.807, 2.05) is 0 Å². The molecule has 20 heavy (non-hydrogen) atoms. The van der Waals surface area contributed by atoms with Crippen molar-refractivity contribution in [3.63, 3.8) is 0 Å². The van der Waals surface area contributed by atoms with Crippen LogP contribution in [0.5, 0.6) is 0 Å². The fourth-order valence-electron chi connectivity index (χ4n) is 2.31. The third-order valence-electron chi connectivity index (χ3n) is 3.47. The highest BCUT2D eigenvalue weighted by Gasteiger charge is 2.29. The van der Waals surface area contributed by atoms with E-state index < -0.39 is 28.7 Å². The summed E-state index contributed by atoms with van der Waals surface area (Å²) in [6.07, 6.45) is 2.73. The molecule has 0 saturated heterocycles. The molecule has 1 saturated carbocycles. The van der Waals surface area contributed by atoms with Crippen LogP contribution >= 0.6 is 0 Å². The van der Waals surface area contributed by atoms with Crippen molar-refractivity contribution >= 4 is 16.7 Å². The molecule has 2 aromatic rings. The van der Waals surface area contributed by atoms with Gasteiger partial charge in [-0.05, 0) is 25.8 Å². The molecule has 1 aromatic carbocycles. The maximum Gasteiger partial charge on any atom is 0.200 e. The largest absolute Gasteiger partial charge is 0.341 e. The maximum absolute atomic E-state index is 14.0. The Morgan fingerprint density at radius 3 is 2.45 bits per heavy atom. The molecule has 0 bridgehead atoms. The fraction of sp³-hybridized carbons (Fsp3) is 0.286. The first-order valence-electron chi connectivity index (χ1n) is 6.15. The summed E-state index contributed by atoms with van der Waals surface area (Å²) in [5, 5.41) is -0.305. The number of halogens is 3. The Balaban J connectivity index is 2.52.